The molecule has 4 atom stereocenters. The standard InChI is InChI=1S/C25H30Cl2N2O2/c1-23(2,3)14-19-20-22(30)31-24(4,5)29(20)21(15-7-6-8-18(27)13-15)25(19,28)16-9-11-17(26)12-10-16/h6-13,19-21H,14,28H2,1-5H3/t19-,20+,21-,25-/m0/s1. The summed E-state index contributed by atoms with van der Waals surface area (Å²) in [4.78, 5) is 15.4. The number of carbonyl (C=O) groups is 1. The second kappa shape index (κ2) is 7.48. The maximum absolute atomic E-state index is 13.2. The van der Waals surface area contributed by atoms with Gasteiger partial charge in [0.25, 0.3) is 0 Å². The van der Waals surface area contributed by atoms with Crippen LogP contribution in [-0.2, 0) is 15.1 Å². The summed E-state index contributed by atoms with van der Waals surface area (Å²) in [5.41, 5.74) is 7.69. The zero-order chi connectivity index (χ0) is 22.8. The van der Waals surface area contributed by atoms with Crippen LogP contribution in [-0.4, -0.2) is 22.6 Å². The summed E-state index contributed by atoms with van der Waals surface area (Å²) in [5, 5.41) is 1.29. The number of carbonyl (C=O) groups excluding carboxylic acids is 1. The van der Waals surface area contributed by atoms with Crippen molar-refractivity contribution in [1.29, 1.82) is 0 Å². The Balaban J connectivity index is 2.00. The molecular weight excluding hydrogens is 431 g/mol. The molecule has 0 aliphatic carbocycles. The second-order valence-electron chi connectivity index (χ2n) is 10.5. The minimum Gasteiger partial charge on any atom is -0.443 e. The van der Waals surface area contributed by atoms with Gasteiger partial charge in [0.1, 0.15) is 6.04 Å². The lowest BCUT2D eigenvalue weighted by Crippen LogP contribution is -2.51. The third-order valence-electron chi connectivity index (χ3n) is 6.58. The van der Waals surface area contributed by atoms with E-state index >= 15 is 0 Å². The summed E-state index contributed by atoms with van der Waals surface area (Å²) in [7, 11) is 0. The lowest BCUT2D eigenvalue weighted by molar-refractivity contribution is -0.153. The van der Waals surface area contributed by atoms with Crippen molar-refractivity contribution in [3.05, 3.63) is 69.7 Å². The molecule has 0 radical (unpaired) electrons. The maximum Gasteiger partial charge on any atom is 0.325 e. The van der Waals surface area contributed by atoms with Crippen molar-refractivity contribution in [3.63, 3.8) is 0 Å². The minimum absolute atomic E-state index is 0.0381. The maximum atomic E-state index is 13.2. The first-order chi connectivity index (χ1) is 14.3. The number of hydrogen-bond donors (Lipinski definition) is 1. The molecule has 166 valence electrons. The summed E-state index contributed by atoms with van der Waals surface area (Å²) in [5.74, 6) is -0.375. The van der Waals surface area contributed by atoms with E-state index in [9.17, 15) is 4.79 Å². The number of rotatable bonds is 3. The summed E-state index contributed by atoms with van der Waals surface area (Å²) < 4.78 is 5.87. The van der Waals surface area contributed by atoms with Gasteiger partial charge in [0.05, 0.1) is 11.6 Å². The normalized spacial score (nSPS) is 30.3. The first kappa shape index (κ1) is 22.6. The Morgan fingerprint density at radius 2 is 1.71 bits per heavy atom. The fourth-order valence-corrected chi connectivity index (χ4v) is 5.82. The van der Waals surface area contributed by atoms with Crippen LogP contribution in [0.3, 0.4) is 0 Å². The van der Waals surface area contributed by atoms with E-state index in [1.165, 1.54) is 0 Å². The van der Waals surface area contributed by atoms with E-state index in [4.69, 9.17) is 33.7 Å². The molecule has 4 rings (SSSR count). The summed E-state index contributed by atoms with van der Waals surface area (Å²) in [6.45, 7) is 10.4. The number of cyclic esters (lactones) is 1. The Hall–Kier alpha value is -1.59. The van der Waals surface area contributed by atoms with Crippen LogP contribution >= 0.6 is 23.2 Å². The fourth-order valence-electron chi connectivity index (χ4n) is 5.50. The van der Waals surface area contributed by atoms with Crippen LogP contribution in [0, 0.1) is 11.3 Å². The highest BCUT2D eigenvalue weighted by molar-refractivity contribution is 6.30. The summed E-state index contributed by atoms with van der Waals surface area (Å²) in [6, 6.07) is 14.7. The van der Waals surface area contributed by atoms with Crippen LogP contribution in [0.4, 0.5) is 0 Å². The lowest BCUT2D eigenvalue weighted by Gasteiger charge is -2.43. The van der Waals surface area contributed by atoms with Crippen molar-refractivity contribution >= 4 is 29.2 Å². The van der Waals surface area contributed by atoms with Gasteiger partial charge in [-0.3, -0.25) is 4.79 Å². The second-order valence-corrected chi connectivity index (χ2v) is 11.4. The number of hydrogen-bond acceptors (Lipinski definition) is 4. The highest BCUT2D eigenvalue weighted by Gasteiger charge is 2.68. The third kappa shape index (κ3) is 3.78. The monoisotopic (exact) mass is 460 g/mol. The first-order valence-electron chi connectivity index (χ1n) is 10.7. The first-order valence-corrected chi connectivity index (χ1v) is 11.4. The molecule has 0 amide bonds. The van der Waals surface area contributed by atoms with Crippen molar-refractivity contribution in [2.75, 3.05) is 0 Å². The molecule has 2 aromatic carbocycles. The molecule has 2 N–H and O–H groups in total. The highest BCUT2D eigenvalue weighted by Crippen LogP contribution is 2.59. The van der Waals surface area contributed by atoms with Gasteiger partial charge in [-0.1, -0.05) is 68.2 Å². The van der Waals surface area contributed by atoms with E-state index in [2.05, 4.69) is 25.7 Å². The van der Waals surface area contributed by atoms with Crippen molar-refractivity contribution in [2.45, 2.75) is 64.4 Å². The van der Waals surface area contributed by atoms with Crippen LogP contribution in [0.25, 0.3) is 0 Å². The Bertz CT molecular complexity index is 999. The molecule has 2 aliphatic rings. The molecular formula is C25H30Cl2N2O2. The average Bonchev–Trinajstić information content (AvgIpc) is 3.04. The molecule has 2 saturated heterocycles. The Labute approximate surface area is 194 Å². The molecule has 6 heteroatoms. The van der Waals surface area contributed by atoms with Crippen molar-refractivity contribution < 1.29 is 9.53 Å². The molecule has 0 saturated carbocycles. The SMILES string of the molecule is CC(C)(C)C[C@H]1[C@@H]2C(=O)OC(C)(C)N2[C@@H](c2cccc(Cl)c2)[C@]1(N)c1ccc(Cl)cc1. The van der Waals surface area contributed by atoms with Crippen molar-refractivity contribution in [1.82, 2.24) is 4.90 Å². The van der Waals surface area contributed by atoms with Gasteiger partial charge in [-0.2, -0.15) is 0 Å². The van der Waals surface area contributed by atoms with Crippen LogP contribution < -0.4 is 5.73 Å². The largest absolute Gasteiger partial charge is 0.443 e. The molecule has 0 aromatic heterocycles. The predicted octanol–water partition coefficient (Wildman–Crippen LogP) is 5.92. The van der Waals surface area contributed by atoms with E-state index in [-0.39, 0.29) is 23.3 Å². The van der Waals surface area contributed by atoms with E-state index in [0.29, 0.717) is 10.0 Å². The zero-order valence-corrected chi connectivity index (χ0v) is 20.2. The number of nitrogens with zero attached hydrogens (tertiary/aromatic N) is 1. The van der Waals surface area contributed by atoms with Crippen LogP contribution in [0.15, 0.2) is 48.5 Å². The minimum atomic E-state index is -0.843. The van der Waals surface area contributed by atoms with E-state index < -0.39 is 17.3 Å². The molecule has 2 fully saturated rings. The van der Waals surface area contributed by atoms with Crippen LogP contribution in [0.5, 0.6) is 0 Å². The number of esters is 1. The van der Waals surface area contributed by atoms with Crippen LogP contribution in [0.2, 0.25) is 10.0 Å². The Kier molecular flexibility index (Phi) is 5.45. The van der Waals surface area contributed by atoms with Gasteiger partial charge in [-0.05, 0) is 61.1 Å². The van der Waals surface area contributed by atoms with Crippen molar-refractivity contribution in [3.8, 4) is 0 Å². The molecule has 0 spiro atoms. The third-order valence-corrected chi connectivity index (χ3v) is 7.07. The molecule has 0 bridgehead atoms. The highest BCUT2D eigenvalue weighted by atomic mass is 35.5. The Morgan fingerprint density at radius 1 is 1.06 bits per heavy atom. The number of ether oxygens (including phenoxy) is 1. The lowest BCUT2D eigenvalue weighted by atomic mass is 9.67. The van der Waals surface area contributed by atoms with Crippen LogP contribution in [0.1, 0.15) is 58.2 Å². The van der Waals surface area contributed by atoms with E-state index in [1.807, 2.05) is 62.4 Å². The number of fused-ring (bicyclic) bond motifs is 1. The van der Waals surface area contributed by atoms with Gasteiger partial charge in [-0.25, -0.2) is 4.90 Å². The molecule has 0 unspecified atom stereocenters. The quantitative estimate of drug-likeness (QED) is 0.577. The smallest absolute Gasteiger partial charge is 0.325 e. The topological polar surface area (TPSA) is 55.6 Å². The predicted molar refractivity (Wildman–Crippen MR) is 125 cm³/mol. The summed E-state index contributed by atoms with van der Waals surface area (Å²) in [6.07, 6.45) is 0.759. The molecule has 2 heterocycles. The average molecular weight is 461 g/mol. The van der Waals surface area contributed by atoms with Gasteiger partial charge in [0, 0.05) is 16.0 Å². The number of halogens is 2. The van der Waals surface area contributed by atoms with Gasteiger partial charge in [0.2, 0.25) is 0 Å². The molecule has 4 nitrogen and oxygen atoms in total. The number of benzene rings is 2. The molecule has 2 aliphatic heterocycles. The van der Waals surface area contributed by atoms with Gasteiger partial charge < -0.3 is 10.5 Å². The fraction of sp³-hybridized carbons (Fsp3) is 0.480. The van der Waals surface area contributed by atoms with Gasteiger partial charge in [-0.15, -0.1) is 0 Å². The molecule has 31 heavy (non-hydrogen) atoms. The summed E-state index contributed by atoms with van der Waals surface area (Å²) >= 11 is 12.6. The number of nitrogens with two attached hydrogens (primary N) is 1. The van der Waals surface area contributed by atoms with E-state index in [0.717, 1.165) is 17.5 Å². The Morgan fingerprint density at radius 3 is 2.29 bits per heavy atom. The zero-order valence-electron chi connectivity index (χ0n) is 18.7. The molecule has 2 aromatic rings. The van der Waals surface area contributed by atoms with E-state index in [1.54, 1.807) is 0 Å². The van der Waals surface area contributed by atoms with Gasteiger partial charge in [0.15, 0.2) is 5.72 Å². The van der Waals surface area contributed by atoms with Crippen molar-refractivity contribution in [2.24, 2.45) is 17.1 Å². The van der Waals surface area contributed by atoms with Gasteiger partial charge >= 0.3 is 5.97 Å².